The number of amides is 1. The SMILES string of the molecule is CCC(C)C(N)C(=O)NCc1ccc(Oc2cccnc2)c(F)c1.Cl. The fraction of sp³-hybridized carbons (Fsp3) is 0.333. The molecule has 1 aromatic heterocycles. The van der Waals surface area contributed by atoms with E-state index < -0.39 is 11.9 Å². The first-order chi connectivity index (χ1) is 11.5. The minimum absolute atomic E-state index is 0. The van der Waals surface area contributed by atoms with Gasteiger partial charge in [0.1, 0.15) is 5.75 Å². The van der Waals surface area contributed by atoms with Crippen molar-refractivity contribution in [3.63, 3.8) is 0 Å². The van der Waals surface area contributed by atoms with E-state index in [1.165, 1.54) is 18.3 Å². The molecule has 2 aromatic rings. The van der Waals surface area contributed by atoms with Crippen molar-refractivity contribution in [2.45, 2.75) is 32.9 Å². The lowest BCUT2D eigenvalue weighted by Gasteiger charge is -2.17. The van der Waals surface area contributed by atoms with Crippen LogP contribution in [0.25, 0.3) is 0 Å². The highest BCUT2D eigenvalue weighted by atomic mass is 35.5. The van der Waals surface area contributed by atoms with E-state index in [0.29, 0.717) is 11.3 Å². The molecule has 0 bridgehead atoms. The van der Waals surface area contributed by atoms with Gasteiger partial charge in [-0.25, -0.2) is 4.39 Å². The summed E-state index contributed by atoms with van der Waals surface area (Å²) in [5, 5.41) is 2.73. The predicted molar refractivity (Wildman–Crippen MR) is 97.2 cm³/mol. The Bertz CT molecular complexity index is 685. The van der Waals surface area contributed by atoms with Gasteiger partial charge in [-0.1, -0.05) is 26.3 Å². The third kappa shape index (κ3) is 5.99. The van der Waals surface area contributed by atoms with Gasteiger partial charge in [-0.05, 0) is 35.7 Å². The quantitative estimate of drug-likeness (QED) is 0.786. The Hall–Kier alpha value is -2.18. The van der Waals surface area contributed by atoms with Gasteiger partial charge in [0.05, 0.1) is 12.2 Å². The average molecular weight is 368 g/mol. The second-order valence-corrected chi connectivity index (χ2v) is 5.68. The van der Waals surface area contributed by atoms with Crippen LogP contribution in [0.3, 0.4) is 0 Å². The van der Waals surface area contributed by atoms with E-state index in [1.807, 2.05) is 13.8 Å². The molecule has 0 radical (unpaired) electrons. The van der Waals surface area contributed by atoms with Gasteiger partial charge >= 0.3 is 0 Å². The Morgan fingerprint density at radius 1 is 1.40 bits per heavy atom. The molecular weight excluding hydrogens is 345 g/mol. The highest BCUT2D eigenvalue weighted by Gasteiger charge is 2.19. The van der Waals surface area contributed by atoms with E-state index in [1.54, 1.807) is 24.4 Å². The molecule has 0 aliphatic carbocycles. The van der Waals surface area contributed by atoms with Gasteiger partial charge < -0.3 is 15.8 Å². The fourth-order valence-electron chi connectivity index (χ4n) is 2.09. The topological polar surface area (TPSA) is 77.2 Å². The van der Waals surface area contributed by atoms with Crippen LogP contribution < -0.4 is 15.8 Å². The number of hydrogen-bond acceptors (Lipinski definition) is 4. The lowest BCUT2D eigenvalue weighted by Crippen LogP contribution is -2.44. The molecule has 2 atom stereocenters. The summed E-state index contributed by atoms with van der Waals surface area (Å²) in [6.45, 7) is 4.12. The third-order valence-corrected chi connectivity index (χ3v) is 3.88. The third-order valence-electron chi connectivity index (χ3n) is 3.88. The summed E-state index contributed by atoms with van der Waals surface area (Å²) in [4.78, 5) is 15.9. The first-order valence-corrected chi connectivity index (χ1v) is 7.90. The molecule has 136 valence electrons. The van der Waals surface area contributed by atoms with Crippen molar-refractivity contribution < 1.29 is 13.9 Å². The minimum atomic E-state index is -0.562. The number of nitrogens with one attached hydrogen (secondary N) is 1. The number of pyridine rings is 1. The van der Waals surface area contributed by atoms with Crippen molar-refractivity contribution in [2.75, 3.05) is 0 Å². The van der Waals surface area contributed by atoms with Crippen LogP contribution in [-0.2, 0) is 11.3 Å². The monoisotopic (exact) mass is 367 g/mol. The normalized spacial score (nSPS) is 12.6. The first-order valence-electron chi connectivity index (χ1n) is 7.90. The Kier molecular flexibility index (Phi) is 8.31. The average Bonchev–Trinajstić information content (AvgIpc) is 2.61. The molecule has 1 amide bonds. The predicted octanol–water partition coefficient (Wildman–Crippen LogP) is 3.42. The molecular formula is C18H23ClFN3O2. The van der Waals surface area contributed by atoms with Crippen molar-refractivity contribution in [2.24, 2.45) is 11.7 Å². The lowest BCUT2D eigenvalue weighted by molar-refractivity contribution is -0.123. The summed E-state index contributed by atoms with van der Waals surface area (Å²) in [5.41, 5.74) is 6.50. The summed E-state index contributed by atoms with van der Waals surface area (Å²) in [5.74, 6) is -0.0828. The molecule has 5 nitrogen and oxygen atoms in total. The first kappa shape index (κ1) is 20.9. The molecule has 2 unspecified atom stereocenters. The fourth-order valence-corrected chi connectivity index (χ4v) is 2.09. The van der Waals surface area contributed by atoms with Crippen molar-refractivity contribution in [1.29, 1.82) is 0 Å². The van der Waals surface area contributed by atoms with Crippen LogP contribution in [0, 0.1) is 11.7 Å². The van der Waals surface area contributed by atoms with Crippen molar-refractivity contribution in [3.8, 4) is 11.5 Å². The van der Waals surface area contributed by atoms with Gasteiger partial charge in [-0.3, -0.25) is 9.78 Å². The largest absolute Gasteiger partial charge is 0.453 e. The number of hydrogen-bond donors (Lipinski definition) is 2. The van der Waals surface area contributed by atoms with E-state index in [-0.39, 0.29) is 36.5 Å². The van der Waals surface area contributed by atoms with Crippen molar-refractivity contribution >= 4 is 18.3 Å². The van der Waals surface area contributed by atoms with Crippen LogP contribution in [-0.4, -0.2) is 16.9 Å². The van der Waals surface area contributed by atoms with E-state index in [9.17, 15) is 9.18 Å². The summed E-state index contributed by atoms with van der Waals surface area (Å²) < 4.78 is 19.5. The Labute approximate surface area is 153 Å². The molecule has 2 rings (SSSR count). The number of benzene rings is 1. The molecule has 0 saturated carbocycles. The molecule has 0 saturated heterocycles. The standard InChI is InChI=1S/C18H22FN3O2.ClH/c1-3-12(2)17(20)18(23)22-10-13-6-7-16(15(19)9-13)24-14-5-4-8-21-11-14;/h4-9,11-12,17H,3,10,20H2,1-2H3,(H,22,23);1H. The lowest BCUT2D eigenvalue weighted by atomic mass is 9.99. The van der Waals surface area contributed by atoms with Crippen LogP contribution in [0.2, 0.25) is 0 Å². The molecule has 25 heavy (non-hydrogen) atoms. The van der Waals surface area contributed by atoms with Crippen molar-refractivity contribution in [1.82, 2.24) is 10.3 Å². The van der Waals surface area contributed by atoms with Gasteiger partial charge in [0.15, 0.2) is 11.6 Å². The summed E-state index contributed by atoms with van der Waals surface area (Å²) in [6.07, 6.45) is 3.94. The number of halogens is 2. The second kappa shape index (κ2) is 9.96. The number of nitrogens with two attached hydrogens (primary N) is 1. The Morgan fingerprint density at radius 2 is 2.16 bits per heavy atom. The molecule has 0 fully saturated rings. The zero-order valence-corrected chi connectivity index (χ0v) is 15.1. The second-order valence-electron chi connectivity index (χ2n) is 5.68. The maximum atomic E-state index is 14.1. The van der Waals surface area contributed by atoms with Crippen LogP contribution in [0.5, 0.6) is 11.5 Å². The number of carbonyl (C=O) groups excluding carboxylic acids is 1. The molecule has 1 aromatic carbocycles. The van der Waals surface area contributed by atoms with Crippen LogP contribution >= 0.6 is 12.4 Å². The van der Waals surface area contributed by atoms with Crippen LogP contribution in [0.1, 0.15) is 25.8 Å². The number of nitrogens with zero attached hydrogens (tertiary/aromatic N) is 1. The van der Waals surface area contributed by atoms with Gasteiger partial charge in [0.25, 0.3) is 0 Å². The van der Waals surface area contributed by atoms with E-state index >= 15 is 0 Å². The van der Waals surface area contributed by atoms with E-state index in [2.05, 4.69) is 10.3 Å². The zero-order chi connectivity index (χ0) is 17.5. The Morgan fingerprint density at radius 3 is 2.76 bits per heavy atom. The van der Waals surface area contributed by atoms with Gasteiger partial charge in [-0.2, -0.15) is 0 Å². The maximum Gasteiger partial charge on any atom is 0.237 e. The highest BCUT2D eigenvalue weighted by molar-refractivity contribution is 5.85. The number of rotatable bonds is 7. The number of ether oxygens (including phenoxy) is 1. The van der Waals surface area contributed by atoms with Crippen LogP contribution in [0.15, 0.2) is 42.7 Å². The molecule has 0 aliphatic heterocycles. The number of aromatic nitrogens is 1. The molecule has 0 spiro atoms. The van der Waals surface area contributed by atoms with Crippen molar-refractivity contribution in [3.05, 3.63) is 54.1 Å². The highest BCUT2D eigenvalue weighted by Crippen LogP contribution is 2.24. The zero-order valence-electron chi connectivity index (χ0n) is 14.2. The Balaban J connectivity index is 0.00000312. The summed E-state index contributed by atoms with van der Waals surface area (Å²) in [7, 11) is 0. The molecule has 7 heteroatoms. The smallest absolute Gasteiger partial charge is 0.237 e. The minimum Gasteiger partial charge on any atom is -0.453 e. The molecule has 3 N–H and O–H groups in total. The van der Waals surface area contributed by atoms with Gasteiger partial charge in [0.2, 0.25) is 5.91 Å². The van der Waals surface area contributed by atoms with E-state index in [0.717, 1.165) is 6.42 Å². The van der Waals surface area contributed by atoms with Gasteiger partial charge in [-0.15, -0.1) is 12.4 Å². The van der Waals surface area contributed by atoms with E-state index in [4.69, 9.17) is 10.5 Å². The van der Waals surface area contributed by atoms with Gasteiger partial charge in [0, 0.05) is 12.7 Å². The van der Waals surface area contributed by atoms with Crippen LogP contribution in [0.4, 0.5) is 4.39 Å². The summed E-state index contributed by atoms with van der Waals surface area (Å²) >= 11 is 0. The molecule has 0 aliphatic rings. The molecule has 1 heterocycles. The maximum absolute atomic E-state index is 14.1. The summed E-state index contributed by atoms with van der Waals surface area (Å²) in [6, 6.07) is 7.39. The number of carbonyl (C=O) groups is 1.